The van der Waals surface area contributed by atoms with Gasteiger partial charge in [-0.05, 0) is 49.7 Å². The van der Waals surface area contributed by atoms with Crippen LogP contribution in [0.25, 0.3) is 32.3 Å². The number of fused-ring (bicyclic) bond motifs is 9. The predicted octanol–water partition coefficient (Wildman–Crippen LogP) is 8.10. The molecule has 0 spiro atoms. The number of hydrogen-bond acceptors (Lipinski definition) is 4. The molecular formula is C30H22O2S2. The van der Waals surface area contributed by atoms with Crippen molar-refractivity contribution in [1.29, 1.82) is 0 Å². The van der Waals surface area contributed by atoms with Crippen LogP contribution in [0, 0.1) is 13.8 Å². The highest BCUT2D eigenvalue weighted by molar-refractivity contribution is 7.16. The van der Waals surface area contributed by atoms with Crippen molar-refractivity contribution in [3.8, 4) is 21.6 Å². The highest BCUT2D eigenvalue weighted by Crippen LogP contribution is 2.61. The van der Waals surface area contributed by atoms with Crippen molar-refractivity contribution in [1.82, 2.24) is 0 Å². The summed E-state index contributed by atoms with van der Waals surface area (Å²) in [7, 11) is 0. The molecule has 0 saturated heterocycles. The summed E-state index contributed by atoms with van der Waals surface area (Å²) in [5.74, 6) is 0.0829. The highest BCUT2D eigenvalue weighted by Gasteiger charge is 2.52. The highest BCUT2D eigenvalue weighted by atomic mass is 32.1. The van der Waals surface area contributed by atoms with Gasteiger partial charge in [0.15, 0.2) is 11.4 Å². The lowest BCUT2D eigenvalue weighted by Crippen LogP contribution is -2.39. The number of carbonyl (C=O) groups excluding carboxylic acids is 1. The van der Waals surface area contributed by atoms with Crippen molar-refractivity contribution in [2.75, 3.05) is 6.61 Å². The van der Waals surface area contributed by atoms with Gasteiger partial charge in [0, 0.05) is 60.2 Å². The number of ether oxygens (including phenoxy) is 1. The molecule has 0 aliphatic heterocycles. The molecule has 3 aromatic carbocycles. The van der Waals surface area contributed by atoms with Crippen molar-refractivity contribution < 1.29 is 9.53 Å². The molecule has 2 aliphatic carbocycles. The number of rotatable bonds is 2. The molecule has 1 unspecified atom stereocenters. The average molecular weight is 479 g/mol. The molecule has 2 aromatic heterocycles. The van der Waals surface area contributed by atoms with Crippen LogP contribution in [-0.4, -0.2) is 12.4 Å². The van der Waals surface area contributed by atoms with Crippen molar-refractivity contribution in [2.24, 2.45) is 0 Å². The van der Waals surface area contributed by atoms with Gasteiger partial charge < -0.3 is 4.74 Å². The van der Waals surface area contributed by atoms with E-state index >= 15 is 0 Å². The molecule has 7 rings (SSSR count). The van der Waals surface area contributed by atoms with Crippen LogP contribution in [-0.2, 0) is 10.3 Å². The van der Waals surface area contributed by atoms with Gasteiger partial charge in [0.05, 0.1) is 4.88 Å². The van der Waals surface area contributed by atoms with Crippen LogP contribution in [0.2, 0.25) is 0 Å². The van der Waals surface area contributed by atoms with Gasteiger partial charge in [-0.1, -0.05) is 48.5 Å². The Hall–Kier alpha value is -3.05. The van der Waals surface area contributed by atoms with Gasteiger partial charge in [-0.3, -0.25) is 4.79 Å². The predicted molar refractivity (Wildman–Crippen MR) is 141 cm³/mol. The molecule has 0 amide bonds. The summed E-state index contributed by atoms with van der Waals surface area (Å²) in [5.41, 5.74) is 6.28. The first-order valence-electron chi connectivity index (χ1n) is 11.6. The van der Waals surface area contributed by atoms with E-state index in [1.807, 2.05) is 29.5 Å². The van der Waals surface area contributed by atoms with Crippen LogP contribution in [0.1, 0.15) is 48.6 Å². The van der Waals surface area contributed by atoms with E-state index in [4.69, 9.17) is 4.74 Å². The maximum absolute atomic E-state index is 14.0. The molecule has 5 aromatic rings. The molecule has 166 valence electrons. The molecule has 0 bridgehead atoms. The van der Waals surface area contributed by atoms with Gasteiger partial charge in [0.2, 0.25) is 0 Å². The van der Waals surface area contributed by atoms with E-state index in [2.05, 4.69) is 69.3 Å². The van der Waals surface area contributed by atoms with Crippen LogP contribution >= 0.6 is 22.7 Å². The first-order chi connectivity index (χ1) is 16.5. The molecule has 0 N–H and O–H groups in total. The molecule has 2 nitrogen and oxygen atoms in total. The Kier molecular flexibility index (Phi) is 4.18. The SMILES string of the molecule is CCOC12c3ccccc3C(=O)c3cc4ccccc4c(c31)-c1sc(C)cc1-c1cc(C)sc12. The molecular weight excluding hydrogens is 456 g/mol. The minimum Gasteiger partial charge on any atom is -0.360 e. The van der Waals surface area contributed by atoms with Crippen LogP contribution in [0.4, 0.5) is 0 Å². The molecule has 0 fully saturated rings. The zero-order chi connectivity index (χ0) is 23.2. The van der Waals surface area contributed by atoms with Gasteiger partial charge in [-0.25, -0.2) is 0 Å². The average Bonchev–Trinajstić information content (AvgIpc) is 3.41. The Morgan fingerprint density at radius 1 is 0.824 bits per heavy atom. The second-order valence-electron chi connectivity index (χ2n) is 9.08. The van der Waals surface area contributed by atoms with Crippen molar-refractivity contribution >= 4 is 39.2 Å². The third-order valence-corrected chi connectivity index (χ3v) is 9.32. The number of hydrogen-bond donors (Lipinski definition) is 0. The summed E-state index contributed by atoms with van der Waals surface area (Å²) in [6.45, 7) is 6.93. The fraction of sp³-hybridized carbons (Fsp3) is 0.167. The lowest BCUT2D eigenvalue weighted by Gasteiger charge is -2.40. The fourth-order valence-electron chi connectivity index (χ4n) is 5.94. The van der Waals surface area contributed by atoms with Crippen LogP contribution in [0.5, 0.6) is 0 Å². The Bertz CT molecular complexity index is 1670. The third-order valence-electron chi connectivity index (χ3n) is 7.11. The van der Waals surface area contributed by atoms with Gasteiger partial charge >= 0.3 is 0 Å². The van der Waals surface area contributed by atoms with E-state index in [0.29, 0.717) is 6.61 Å². The minimum absolute atomic E-state index is 0.0829. The number of thiophene rings is 2. The second-order valence-corrected chi connectivity index (χ2v) is 11.6. The molecule has 1 atom stereocenters. The summed E-state index contributed by atoms with van der Waals surface area (Å²) < 4.78 is 6.92. The zero-order valence-corrected chi connectivity index (χ0v) is 20.8. The zero-order valence-electron chi connectivity index (χ0n) is 19.2. The largest absolute Gasteiger partial charge is 0.360 e. The van der Waals surface area contributed by atoms with E-state index < -0.39 is 5.60 Å². The Morgan fingerprint density at radius 3 is 2.41 bits per heavy atom. The second kappa shape index (κ2) is 6.98. The quantitative estimate of drug-likeness (QED) is 0.256. The van der Waals surface area contributed by atoms with Gasteiger partial charge in [-0.2, -0.15) is 0 Å². The topological polar surface area (TPSA) is 26.3 Å². The van der Waals surface area contributed by atoms with E-state index in [9.17, 15) is 4.79 Å². The van der Waals surface area contributed by atoms with E-state index in [1.165, 1.54) is 36.0 Å². The fourth-order valence-corrected chi connectivity index (χ4v) is 8.22. The summed E-state index contributed by atoms with van der Waals surface area (Å²) in [4.78, 5) is 19.0. The van der Waals surface area contributed by atoms with Crippen molar-refractivity contribution in [2.45, 2.75) is 26.4 Å². The Balaban J connectivity index is 1.81. The Morgan fingerprint density at radius 2 is 1.56 bits per heavy atom. The van der Waals surface area contributed by atoms with E-state index in [0.717, 1.165) is 33.2 Å². The first-order valence-corrected chi connectivity index (χ1v) is 13.2. The third kappa shape index (κ3) is 2.41. The summed E-state index contributed by atoms with van der Waals surface area (Å²) >= 11 is 3.61. The molecule has 4 heteroatoms. The summed E-state index contributed by atoms with van der Waals surface area (Å²) in [5, 5.41) is 2.26. The van der Waals surface area contributed by atoms with E-state index in [1.54, 1.807) is 11.3 Å². The normalized spacial score (nSPS) is 17.7. The van der Waals surface area contributed by atoms with Gasteiger partial charge in [0.25, 0.3) is 0 Å². The molecule has 2 aliphatic rings. The number of carbonyl (C=O) groups is 1. The van der Waals surface area contributed by atoms with Crippen molar-refractivity contribution in [3.63, 3.8) is 0 Å². The summed E-state index contributed by atoms with van der Waals surface area (Å²) in [6.07, 6.45) is 0. The van der Waals surface area contributed by atoms with Crippen molar-refractivity contribution in [3.05, 3.63) is 104 Å². The standard InChI is InChI=1S/C30H22O2S2/c1-4-32-30-24-12-8-7-11-20(24)27(31)23-15-18-9-5-6-10-19(18)25(26(23)30)28-21(13-16(2)33-28)22-14-17(3)34-29(22)30/h5-15H,4H2,1-3H3. The van der Waals surface area contributed by atoms with Crippen LogP contribution < -0.4 is 0 Å². The monoisotopic (exact) mass is 478 g/mol. The van der Waals surface area contributed by atoms with Crippen LogP contribution in [0.15, 0.2) is 66.7 Å². The number of aryl methyl sites for hydroxylation is 2. The molecule has 0 saturated carbocycles. The number of benzene rings is 3. The lowest BCUT2D eigenvalue weighted by molar-refractivity contribution is 0.0225. The van der Waals surface area contributed by atoms with Gasteiger partial charge in [-0.15, -0.1) is 22.7 Å². The van der Waals surface area contributed by atoms with E-state index in [-0.39, 0.29) is 5.78 Å². The molecule has 2 heterocycles. The maximum atomic E-state index is 14.0. The molecule has 34 heavy (non-hydrogen) atoms. The molecule has 0 radical (unpaired) electrons. The number of ketones is 1. The Labute approximate surface area is 206 Å². The minimum atomic E-state index is -0.825. The lowest BCUT2D eigenvalue weighted by atomic mass is 9.70. The summed E-state index contributed by atoms with van der Waals surface area (Å²) in [6, 6.07) is 23.2. The van der Waals surface area contributed by atoms with Crippen LogP contribution in [0.3, 0.4) is 0 Å². The first kappa shape index (κ1) is 20.3. The smallest absolute Gasteiger partial charge is 0.193 e. The van der Waals surface area contributed by atoms with Gasteiger partial charge in [0.1, 0.15) is 0 Å². The maximum Gasteiger partial charge on any atom is 0.193 e.